The smallest absolute Gasteiger partial charge is 0.248 e. The van der Waals surface area contributed by atoms with E-state index in [1.165, 1.54) is 0 Å². The predicted octanol–water partition coefficient (Wildman–Crippen LogP) is 1.07. The average Bonchev–Trinajstić information content (AvgIpc) is 3.18. The minimum absolute atomic E-state index is 0. The van der Waals surface area contributed by atoms with E-state index in [0.717, 1.165) is 45.4 Å². The van der Waals surface area contributed by atoms with E-state index in [9.17, 15) is 4.79 Å². The van der Waals surface area contributed by atoms with Crippen molar-refractivity contribution in [3.05, 3.63) is 18.5 Å². The molecule has 2 N–H and O–H groups in total. The highest BCUT2D eigenvalue weighted by Gasteiger charge is 2.43. The van der Waals surface area contributed by atoms with Crippen LogP contribution < -0.4 is 10.6 Å². The number of amides is 1. The number of halogens is 1. The van der Waals surface area contributed by atoms with Crippen molar-refractivity contribution in [2.45, 2.75) is 43.7 Å². The zero-order chi connectivity index (χ0) is 14.8. The molecule has 1 atom stereocenters. The van der Waals surface area contributed by atoms with Crippen molar-refractivity contribution in [3.63, 3.8) is 0 Å². The number of piperidine rings is 1. The number of ether oxygens (including phenoxy) is 1. The second kappa shape index (κ2) is 6.98. The molecule has 2 fully saturated rings. The van der Waals surface area contributed by atoms with Gasteiger partial charge in [-0.05, 0) is 51.8 Å². The molecule has 3 heterocycles. The van der Waals surface area contributed by atoms with Gasteiger partial charge in [0.25, 0.3) is 0 Å². The van der Waals surface area contributed by atoms with E-state index in [1.54, 1.807) is 6.20 Å². The lowest BCUT2D eigenvalue weighted by Crippen LogP contribution is -2.56. The van der Waals surface area contributed by atoms with Gasteiger partial charge in [0.1, 0.15) is 5.54 Å². The van der Waals surface area contributed by atoms with Crippen molar-refractivity contribution in [2.75, 3.05) is 26.2 Å². The molecule has 1 aromatic rings. The lowest BCUT2D eigenvalue weighted by atomic mass is 9.87. The molecule has 0 aliphatic carbocycles. The van der Waals surface area contributed by atoms with Gasteiger partial charge in [0.2, 0.25) is 5.91 Å². The Morgan fingerprint density at radius 1 is 1.41 bits per heavy atom. The molecule has 2 aliphatic rings. The number of carbonyl (C=O) groups is 1. The minimum Gasteiger partial charge on any atom is -0.373 e. The van der Waals surface area contributed by atoms with Crippen LogP contribution in [0.5, 0.6) is 0 Å². The van der Waals surface area contributed by atoms with Crippen LogP contribution in [0.4, 0.5) is 0 Å². The first-order chi connectivity index (χ1) is 10.1. The van der Waals surface area contributed by atoms with Gasteiger partial charge in [-0.15, -0.1) is 12.4 Å². The predicted molar refractivity (Wildman–Crippen MR) is 86.2 cm³/mol. The van der Waals surface area contributed by atoms with Crippen LogP contribution in [0.2, 0.25) is 0 Å². The Morgan fingerprint density at radius 2 is 2.18 bits per heavy atom. The molecule has 0 aromatic carbocycles. The maximum absolute atomic E-state index is 12.9. The molecule has 1 amide bonds. The van der Waals surface area contributed by atoms with Crippen LogP contribution in [0.1, 0.15) is 32.6 Å². The first-order valence-electron chi connectivity index (χ1n) is 7.78. The number of aromatic nitrogens is 2. The summed E-state index contributed by atoms with van der Waals surface area (Å²) < 4.78 is 7.57. The zero-order valence-electron chi connectivity index (χ0n) is 13.0. The molecular formula is C15H25ClN4O2. The largest absolute Gasteiger partial charge is 0.373 e. The van der Waals surface area contributed by atoms with Crippen LogP contribution in [0, 0.1) is 0 Å². The molecule has 0 spiro atoms. The van der Waals surface area contributed by atoms with E-state index in [4.69, 9.17) is 4.74 Å². The van der Waals surface area contributed by atoms with Crippen molar-refractivity contribution in [1.82, 2.24) is 20.4 Å². The van der Waals surface area contributed by atoms with Crippen LogP contribution >= 0.6 is 12.4 Å². The molecule has 6 nitrogen and oxygen atoms in total. The Hall–Kier alpha value is -1.11. The number of hydrogen-bond acceptors (Lipinski definition) is 4. The van der Waals surface area contributed by atoms with Crippen molar-refractivity contribution >= 4 is 18.3 Å². The van der Waals surface area contributed by atoms with E-state index in [-0.39, 0.29) is 23.9 Å². The fourth-order valence-electron chi connectivity index (χ4n) is 3.33. The van der Waals surface area contributed by atoms with Gasteiger partial charge in [0.15, 0.2) is 0 Å². The molecule has 7 heteroatoms. The summed E-state index contributed by atoms with van der Waals surface area (Å²) >= 11 is 0. The summed E-state index contributed by atoms with van der Waals surface area (Å²) in [5, 5.41) is 10.8. The summed E-state index contributed by atoms with van der Waals surface area (Å²) in [6, 6.07) is 1.87. The highest BCUT2D eigenvalue weighted by molar-refractivity contribution is 5.85. The summed E-state index contributed by atoms with van der Waals surface area (Å²) in [6.07, 6.45) is 7.22. The molecule has 1 aromatic heterocycles. The van der Waals surface area contributed by atoms with Gasteiger partial charge in [-0.1, -0.05) is 0 Å². The number of nitrogens with one attached hydrogen (secondary N) is 2. The summed E-state index contributed by atoms with van der Waals surface area (Å²) in [6.45, 7) is 5.11. The quantitative estimate of drug-likeness (QED) is 0.867. The van der Waals surface area contributed by atoms with Gasteiger partial charge in [0, 0.05) is 25.5 Å². The van der Waals surface area contributed by atoms with Crippen LogP contribution in [0.15, 0.2) is 18.5 Å². The average molecular weight is 329 g/mol. The maximum Gasteiger partial charge on any atom is 0.248 e. The van der Waals surface area contributed by atoms with Gasteiger partial charge in [-0.3, -0.25) is 9.48 Å². The molecule has 0 radical (unpaired) electrons. The molecule has 1 unspecified atom stereocenters. The Bertz CT molecular complexity index is 480. The van der Waals surface area contributed by atoms with Crippen LogP contribution in [0.25, 0.3) is 0 Å². The van der Waals surface area contributed by atoms with E-state index < -0.39 is 5.54 Å². The summed E-state index contributed by atoms with van der Waals surface area (Å²) in [5.41, 5.74) is -0.780. The number of carbonyl (C=O) groups excluding carboxylic acids is 1. The highest BCUT2D eigenvalue weighted by atomic mass is 35.5. The van der Waals surface area contributed by atoms with Gasteiger partial charge in [-0.2, -0.15) is 5.10 Å². The molecule has 124 valence electrons. The van der Waals surface area contributed by atoms with Crippen molar-refractivity contribution in [2.24, 2.45) is 0 Å². The molecule has 0 bridgehead atoms. The normalized spacial score (nSPS) is 27.1. The summed E-state index contributed by atoms with van der Waals surface area (Å²) in [4.78, 5) is 12.9. The lowest BCUT2D eigenvalue weighted by Gasteiger charge is -2.37. The summed E-state index contributed by atoms with van der Waals surface area (Å²) in [5.74, 6) is 0.0597. The number of rotatable bonds is 4. The third-order valence-corrected chi connectivity index (χ3v) is 4.72. The fourth-order valence-corrected chi connectivity index (χ4v) is 3.33. The lowest BCUT2D eigenvalue weighted by molar-refractivity contribution is -0.133. The van der Waals surface area contributed by atoms with Crippen LogP contribution in [-0.4, -0.2) is 47.5 Å². The van der Waals surface area contributed by atoms with Gasteiger partial charge in [0.05, 0.1) is 5.60 Å². The Morgan fingerprint density at radius 3 is 2.77 bits per heavy atom. The van der Waals surface area contributed by atoms with Crippen LogP contribution in [-0.2, 0) is 15.1 Å². The molecule has 22 heavy (non-hydrogen) atoms. The van der Waals surface area contributed by atoms with Crippen molar-refractivity contribution in [1.29, 1.82) is 0 Å². The molecule has 3 rings (SSSR count). The van der Waals surface area contributed by atoms with E-state index >= 15 is 0 Å². The molecular weight excluding hydrogens is 304 g/mol. The Kier molecular flexibility index (Phi) is 5.47. The van der Waals surface area contributed by atoms with Gasteiger partial charge >= 0.3 is 0 Å². The standard InChI is InChI=1S/C15H24N4O2.ClH/c1-14(4-2-11-21-14)12-17-13(20)15(5-8-16-9-6-15)19-10-3-7-18-19;/h3,7,10,16H,2,4-6,8-9,11-12H2,1H3,(H,17,20);1H. The van der Waals surface area contributed by atoms with E-state index in [2.05, 4.69) is 22.7 Å². The zero-order valence-corrected chi connectivity index (χ0v) is 13.8. The highest BCUT2D eigenvalue weighted by Crippen LogP contribution is 2.28. The van der Waals surface area contributed by atoms with E-state index in [1.807, 2.05) is 16.9 Å². The molecule has 0 saturated carbocycles. The van der Waals surface area contributed by atoms with Gasteiger partial charge in [-0.25, -0.2) is 0 Å². The van der Waals surface area contributed by atoms with Crippen molar-refractivity contribution in [3.8, 4) is 0 Å². The molecule has 2 saturated heterocycles. The summed E-state index contributed by atoms with van der Waals surface area (Å²) in [7, 11) is 0. The number of nitrogens with zero attached hydrogens (tertiary/aromatic N) is 2. The van der Waals surface area contributed by atoms with E-state index in [0.29, 0.717) is 6.54 Å². The first-order valence-corrected chi connectivity index (χ1v) is 7.78. The topological polar surface area (TPSA) is 68.2 Å². The second-order valence-electron chi connectivity index (χ2n) is 6.32. The third kappa shape index (κ3) is 3.29. The Balaban J connectivity index is 0.00000176. The third-order valence-electron chi connectivity index (χ3n) is 4.72. The van der Waals surface area contributed by atoms with Crippen molar-refractivity contribution < 1.29 is 9.53 Å². The minimum atomic E-state index is -0.566. The maximum atomic E-state index is 12.9. The van der Waals surface area contributed by atoms with Gasteiger partial charge < -0.3 is 15.4 Å². The Labute approximate surface area is 137 Å². The first kappa shape index (κ1) is 17.2. The second-order valence-corrected chi connectivity index (χ2v) is 6.32. The number of hydrogen-bond donors (Lipinski definition) is 2. The fraction of sp³-hybridized carbons (Fsp3) is 0.733. The van der Waals surface area contributed by atoms with Crippen LogP contribution in [0.3, 0.4) is 0 Å². The molecule has 2 aliphatic heterocycles. The SMILES string of the molecule is CC1(CNC(=O)C2(n3cccn3)CCNCC2)CCCO1.Cl. The monoisotopic (exact) mass is 328 g/mol.